The fraction of sp³-hybridized carbons (Fsp3) is 0.375. The normalized spacial score (nSPS) is 10.8. The van der Waals surface area contributed by atoms with Crippen LogP contribution in [0.4, 0.5) is 0 Å². The topological polar surface area (TPSA) is 63.5 Å². The van der Waals surface area contributed by atoms with Gasteiger partial charge in [-0.2, -0.15) is 5.10 Å². The van der Waals surface area contributed by atoms with Gasteiger partial charge in [-0.3, -0.25) is 4.68 Å². The summed E-state index contributed by atoms with van der Waals surface area (Å²) in [4.78, 5) is 4.60. The number of hydrogen-bond acceptors (Lipinski definition) is 3. The van der Waals surface area contributed by atoms with Gasteiger partial charge in [-0.1, -0.05) is 12.1 Å². The number of benzene rings is 1. The molecule has 0 aliphatic heterocycles. The van der Waals surface area contributed by atoms with Crippen LogP contribution in [0.2, 0.25) is 0 Å². The molecule has 0 fully saturated rings. The Balaban J connectivity index is 0.00000264. The molecule has 6 nitrogen and oxygen atoms in total. The maximum Gasteiger partial charge on any atom is 0.191 e. The smallest absolute Gasteiger partial charge is 0.191 e. The highest BCUT2D eigenvalue weighted by Gasteiger charge is 2.02. The second kappa shape index (κ2) is 10.1. The number of hydrogen-bond donors (Lipinski definition) is 2. The molecule has 1 heterocycles. The summed E-state index contributed by atoms with van der Waals surface area (Å²) in [6.07, 6.45) is 1.79. The summed E-state index contributed by atoms with van der Waals surface area (Å²) in [5.74, 6) is 1.63. The van der Waals surface area contributed by atoms with E-state index in [9.17, 15) is 0 Å². The molecular weight excluding hydrogens is 405 g/mol. The highest BCUT2D eigenvalue weighted by Crippen LogP contribution is 2.13. The molecule has 2 rings (SSSR count). The van der Waals surface area contributed by atoms with Crippen LogP contribution in [-0.4, -0.2) is 29.4 Å². The molecular formula is C16H24IN5O. The Kier molecular flexibility index (Phi) is 8.46. The van der Waals surface area contributed by atoms with Gasteiger partial charge in [0.25, 0.3) is 0 Å². The zero-order valence-electron chi connectivity index (χ0n) is 13.7. The quantitative estimate of drug-likeness (QED) is 0.420. The van der Waals surface area contributed by atoms with Crippen molar-refractivity contribution in [3.63, 3.8) is 0 Å². The minimum absolute atomic E-state index is 0. The Morgan fingerprint density at radius 3 is 2.78 bits per heavy atom. The van der Waals surface area contributed by atoms with Crippen LogP contribution in [0.3, 0.4) is 0 Å². The molecule has 126 valence electrons. The van der Waals surface area contributed by atoms with Crippen molar-refractivity contribution in [2.24, 2.45) is 12.0 Å². The molecule has 0 spiro atoms. The maximum absolute atomic E-state index is 5.23. The first-order valence-corrected chi connectivity index (χ1v) is 7.35. The Bertz CT molecular complexity index is 626. The fourth-order valence-corrected chi connectivity index (χ4v) is 2.03. The fourth-order valence-electron chi connectivity index (χ4n) is 2.03. The number of guanidine groups is 1. The third kappa shape index (κ3) is 6.09. The molecule has 0 aliphatic carbocycles. The molecule has 0 saturated carbocycles. The van der Waals surface area contributed by atoms with E-state index in [0.717, 1.165) is 29.5 Å². The lowest BCUT2D eigenvalue weighted by Crippen LogP contribution is -2.37. The maximum atomic E-state index is 5.23. The minimum Gasteiger partial charge on any atom is -0.497 e. The van der Waals surface area contributed by atoms with Crippen LogP contribution in [0.5, 0.6) is 5.75 Å². The van der Waals surface area contributed by atoms with E-state index in [2.05, 4.69) is 20.7 Å². The van der Waals surface area contributed by atoms with E-state index in [4.69, 9.17) is 4.74 Å². The lowest BCUT2D eigenvalue weighted by atomic mass is 10.2. The summed E-state index contributed by atoms with van der Waals surface area (Å²) >= 11 is 0. The van der Waals surface area contributed by atoms with Gasteiger partial charge in [0.05, 0.1) is 25.9 Å². The van der Waals surface area contributed by atoms with Crippen molar-refractivity contribution in [1.29, 1.82) is 0 Å². The number of halogens is 1. The van der Waals surface area contributed by atoms with Gasteiger partial charge in [-0.25, -0.2) is 4.99 Å². The molecule has 0 radical (unpaired) electrons. The van der Waals surface area contributed by atoms with Gasteiger partial charge in [-0.15, -0.1) is 24.0 Å². The second-order valence-corrected chi connectivity index (χ2v) is 4.85. The van der Waals surface area contributed by atoms with Crippen molar-refractivity contribution in [2.75, 3.05) is 13.7 Å². The van der Waals surface area contributed by atoms with Crippen LogP contribution in [0, 0.1) is 0 Å². The molecule has 1 aromatic carbocycles. The van der Waals surface area contributed by atoms with Crippen LogP contribution < -0.4 is 15.4 Å². The summed E-state index contributed by atoms with van der Waals surface area (Å²) < 4.78 is 7.08. The predicted octanol–water partition coefficient (Wildman–Crippen LogP) is 2.30. The van der Waals surface area contributed by atoms with Crippen molar-refractivity contribution in [2.45, 2.75) is 20.0 Å². The summed E-state index contributed by atoms with van der Waals surface area (Å²) in [5.41, 5.74) is 2.21. The van der Waals surface area contributed by atoms with Gasteiger partial charge < -0.3 is 15.4 Å². The van der Waals surface area contributed by atoms with Crippen LogP contribution in [0.25, 0.3) is 0 Å². The Morgan fingerprint density at radius 1 is 1.30 bits per heavy atom. The van der Waals surface area contributed by atoms with E-state index >= 15 is 0 Å². The average Bonchev–Trinajstić information content (AvgIpc) is 2.95. The molecule has 7 heteroatoms. The van der Waals surface area contributed by atoms with Crippen molar-refractivity contribution < 1.29 is 4.74 Å². The van der Waals surface area contributed by atoms with Crippen molar-refractivity contribution in [3.8, 4) is 5.75 Å². The highest BCUT2D eigenvalue weighted by atomic mass is 127. The molecule has 23 heavy (non-hydrogen) atoms. The van der Waals surface area contributed by atoms with Gasteiger partial charge in [0.15, 0.2) is 5.96 Å². The van der Waals surface area contributed by atoms with E-state index in [1.54, 1.807) is 13.3 Å². The Labute approximate surface area is 154 Å². The molecule has 0 aliphatic rings. The first-order chi connectivity index (χ1) is 10.7. The largest absolute Gasteiger partial charge is 0.497 e. The molecule has 1 aromatic heterocycles. The van der Waals surface area contributed by atoms with Gasteiger partial charge in [0, 0.05) is 19.8 Å². The molecule has 2 N–H and O–H groups in total. The first kappa shape index (κ1) is 19.3. The lowest BCUT2D eigenvalue weighted by Gasteiger charge is -2.11. The van der Waals surface area contributed by atoms with Crippen molar-refractivity contribution in [3.05, 3.63) is 47.8 Å². The first-order valence-electron chi connectivity index (χ1n) is 7.35. The third-order valence-electron chi connectivity index (χ3n) is 3.26. The zero-order chi connectivity index (χ0) is 15.8. The highest BCUT2D eigenvalue weighted by molar-refractivity contribution is 14.0. The van der Waals surface area contributed by atoms with Gasteiger partial charge in [0.1, 0.15) is 5.75 Å². The van der Waals surface area contributed by atoms with Crippen molar-refractivity contribution in [1.82, 2.24) is 20.4 Å². The number of aromatic nitrogens is 2. The van der Waals surface area contributed by atoms with E-state index in [-0.39, 0.29) is 24.0 Å². The molecule has 0 atom stereocenters. The molecule has 0 bridgehead atoms. The lowest BCUT2D eigenvalue weighted by molar-refractivity contribution is 0.414. The van der Waals surface area contributed by atoms with Crippen LogP contribution in [0.1, 0.15) is 18.2 Å². The van der Waals surface area contributed by atoms with Gasteiger partial charge in [-0.05, 0) is 30.7 Å². The Hall–Kier alpha value is -1.77. The molecule has 0 saturated heterocycles. The van der Waals surface area contributed by atoms with E-state index in [1.807, 2.05) is 49.0 Å². The van der Waals surface area contributed by atoms with E-state index < -0.39 is 0 Å². The van der Waals surface area contributed by atoms with Crippen LogP contribution in [-0.2, 0) is 20.1 Å². The standard InChI is InChI=1S/C16H23N5O.HI/c1-4-17-16(19-12-14-8-9-20-21(14)2)18-11-13-6-5-7-15(10-13)22-3;/h5-10H,4,11-12H2,1-3H3,(H2,17,18,19);1H. The van der Waals surface area contributed by atoms with E-state index in [1.165, 1.54) is 0 Å². The number of nitrogens with zero attached hydrogens (tertiary/aromatic N) is 3. The molecule has 2 aromatic rings. The monoisotopic (exact) mass is 429 g/mol. The average molecular weight is 429 g/mol. The summed E-state index contributed by atoms with van der Waals surface area (Å²) in [5, 5.41) is 10.7. The van der Waals surface area contributed by atoms with Crippen LogP contribution in [0.15, 0.2) is 41.5 Å². The summed E-state index contributed by atoms with van der Waals surface area (Å²) in [6.45, 7) is 4.14. The number of methoxy groups -OCH3 is 1. The summed E-state index contributed by atoms with van der Waals surface area (Å²) in [6, 6.07) is 9.92. The SMILES string of the molecule is CCNC(=NCc1cccc(OC)c1)NCc1ccnn1C.I. The number of aliphatic imine (C=N–C) groups is 1. The summed E-state index contributed by atoms with van der Waals surface area (Å²) in [7, 11) is 3.60. The third-order valence-corrected chi connectivity index (χ3v) is 3.26. The minimum atomic E-state index is 0. The predicted molar refractivity (Wildman–Crippen MR) is 103 cm³/mol. The van der Waals surface area contributed by atoms with Crippen molar-refractivity contribution >= 4 is 29.9 Å². The van der Waals surface area contributed by atoms with Gasteiger partial charge >= 0.3 is 0 Å². The number of aryl methyl sites for hydroxylation is 1. The molecule has 0 unspecified atom stereocenters. The second-order valence-electron chi connectivity index (χ2n) is 4.85. The van der Waals surface area contributed by atoms with Gasteiger partial charge in [0.2, 0.25) is 0 Å². The number of nitrogens with one attached hydrogen (secondary N) is 2. The van der Waals surface area contributed by atoms with Crippen LogP contribution >= 0.6 is 24.0 Å². The zero-order valence-corrected chi connectivity index (χ0v) is 16.1. The molecule has 0 amide bonds. The number of ether oxygens (including phenoxy) is 1. The number of rotatable bonds is 6. The Morgan fingerprint density at radius 2 is 2.13 bits per heavy atom. The van der Waals surface area contributed by atoms with E-state index in [0.29, 0.717) is 13.1 Å².